The van der Waals surface area contributed by atoms with Gasteiger partial charge >= 0.3 is 0 Å². The van der Waals surface area contributed by atoms with Gasteiger partial charge < -0.3 is 19.9 Å². The van der Waals surface area contributed by atoms with Gasteiger partial charge in [-0.2, -0.15) is 0 Å². The maximum Gasteiger partial charge on any atom is 0.231 e. The van der Waals surface area contributed by atoms with Crippen LogP contribution in [0.4, 0.5) is 5.69 Å². The number of aliphatic hydroxyl groups is 1. The minimum absolute atomic E-state index is 0.00235. The lowest BCUT2D eigenvalue weighted by atomic mass is 9.57. The molecule has 5 heteroatoms. The van der Waals surface area contributed by atoms with E-state index in [0.29, 0.717) is 19.5 Å². The molecule has 5 atom stereocenters. The zero-order chi connectivity index (χ0) is 17.7. The van der Waals surface area contributed by atoms with E-state index in [2.05, 4.69) is 18.2 Å². The first-order valence-corrected chi connectivity index (χ1v) is 9.59. The Bertz CT molecular complexity index is 906. The number of hydrogen-bond donors (Lipinski definition) is 1. The van der Waals surface area contributed by atoms with Gasteiger partial charge in [0.05, 0.1) is 24.6 Å². The Hall–Kier alpha value is -1.95. The summed E-state index contributed by atoms with van der Waals surface area (Å²) in [6.45, 7) is 1.06. The maximum absolute atomic E-state index is 13.8. The molecular weight excluding hydrogens is 328 g/mol. The summed E-state index contributed by atoms with van der Waals surface area (Å²) in [5.41, 5.74) is 4.37. The second-order valence-electron chi connectivity index (χ2n) is 8.48. The number of piperidine rings is 1. The summed E-state index contributed by atoms with van der Waals surface area (Å²) in [6, 6.07) is 8.23. The Balaban J connectivity index is 1.66. The number of hydrogen-bond acceptors (Lipinski definition) is 3. The fourth-order valence-corrected chi connectivity index (χ4v) is 6.88. The van der Waals surface area contributed by atoms with Crippen molar-refractivity contribution >= 4 is 11.6 Å². The predicted octanol–water partition coefficient (Wildman–Crippen LogP) is 2.01. The van der Waals surface area contributed by atoms with Gasteiger partial charge in [-0.1, -0.05) is 30.4 Å². The van der Waals surface area contributed by atoms with Gasteiger partial charge in [0, 0.05) is 30.9 Å². The topological polar surface area (TPSA) is 63.6 Å². The first-order chi connectivity index (χ1) is 12.6. The summed E-state index contributed by atoms with van der Waals surface area (Å²) in [5, 5.41) is 23.3. The number of rotatable bonds is 1. The molecule has 2 bridgehead atoms. The minimum Gasteiger partial charge on any atom is -0.632 e. The molecule has 6 rings (SSSR count). The van der Waals surface area contributed by atoms with Crippen LogP contribution in [0.15, 0.2) is 47.6 Å². The van der Waals surface area contributed by atoms with E-state index in [1.54, 1.807) is 0 Å². The molecule has 4 heterocycles. The highest BCUT2D eigenvalue weighted by Gasteiger charge is 2.71. The van der Waals surface area contributed by atoms with Crippen molar-refractivity contribution < 1.29 is 14.5 Å². The molecule has 134 valence electrons. The number of benzene rings is 1. The predicted molar refractivity (Wildman–Crippen MR) is 97.1 cm³/mol. The van der Waals surface area contributed by atoms with Gasteiger partial charge in [-0.15, -0.1) is 0 Å². The summed E-state index contributed by atoms with van der Waals surface area (Å²) in [5.74, 6) is 0.347. The van der Waals surface area contributed by atoms with Crippen LogP contribution in [0.5, 0.6) is 0 Å². The number of fused-ring (bicyclic) bond motifs is 4. The van der Waals surface area contributed by atoms with Gasteiger partial charge in [-0.3, -0.25) is 4.79 Å². The van der Waals surface area contributed by atoms with Crippen molar-refractivity contribution in [1.29, 1.82) is 0 Å². The SMILES string of the molecule is O=C1CC=C2[C@H]3C[C@H]4[C@@]5(CC[N+]4([O-])C/C3=C\CO)c3ccccc3N1[C@@H]25. The fourth-order valence-electron chi connectivity index (χ4n) is 6.88. The maximum atomic E-state index is 13.8. The summed E-state index contributed by atoms with van der Waals surface area (Å²) < 4.78 is -0.192. The Morgan fingerprint density at radius 2 is 2.23 bits per heavy atom. The average Bonchev–Trinajstić information content (AvgIpc) is 3.13. The molecule has 1 saturated carbocycles. The van der Waals surface area contributed by atoms with Crippen LogP contribution < -0.4 is 4.90 Å². The Kier molecular flexibility index (Phi) is 2.71. The molecule has 5 nitrogen and oxygen atoms in total. The molecule has 1 spiro atoms. The number of amides is 1. The zero-order valence-electron chi connectivity index (χ0n) is 14.6. The van der Waals surface area contributed by atoms with Gasteiger partial charge in [-0.05, 0) is 22.8 Å². The first-order valence-electron chi connectivity index (χ1n) is 9.59. The van der Waals surface area contributed by atoms with Crippen LogP contribution in [0.3, 0.4) is 0 Å². The summed E-state index contributed by atoms with van der Waals surface area (Å²) >= 11 is 0. The molecular formula is C21H22N2O3. The van der Waals surface area contributed by atoms with Gasteiger partial charge in [0.2, 0.25) is 5.91 Å². The highest BCUT2D eigenvalue weighted by atomic mass is 16.5. The van der Waals surface area contributed by atoms with Crippen molar-refractivity contribution in [3.05, 3.63) is 58.3 Å². The van der Waals surface area contributed by atoms with Crippen molar-refractivity contribution in [2.75, 3.05) is 24.6 Å². The summed E-state index contributed by atoms with van der Waals surface area (Å²) in [7, 11) is 0. The fraction of sp³-hybridized carbons (Fsp3) is 0.476. The van der Waals surface area contributed by atoms with Crippen LogP contribution in [0.2, 0.25) is 0 Å². The third-order valence-electron chi connectivity index (χ3n) is 7.69. The highest BCUT2D eigenvalue weighted by molar-refractivity contribution is 6.00. The van der Waals surface area contributed by atoms with Crippen molar-refractivity contribution in [3.8, 4) is 0 Å². The third kappa shape index (κ3) is 1.49. The molecule has 1 amide bonds. The second-order valence-corrected chi connectivity index (χ2v) is 8.48. The van der Waals surface area contributed by atoms with Gasteiger partial charge in [0.1, 0.15) is 12.6 Å². The van der Waals surface area contributed by atoms with Gasteiger partial charge in [-0.25, -0.2) is 0 Å². The molecule has 1 unspecified atom stereocenters. The van der Waals surface area contributed by atoms with Crippen LogP contribution >= 0.6 is 0 Å². The molecule has 3 fully saturated rings. The summed E-state index contributed by atoms with van der Waals surface area (Å²) in [6.07, 6.45) is 6.08. The second kappa shape index (κ2) is 4.66. The lowest BCUT2D eigenvalue weighted by molar-refractivity contribution is -0.896. The Morgan fingerprint density at radius 3 is 3.08 bits per heavy atom. The molecule has 1 aromatic carbocycles. The van der Waals surface area contributed by atoms with E-state index >= 15 is 0 Å². The smallest absolute Gasteiger partial charge is 0.231 e. The lowest BCUT2D eigenvalue weighted by Gasteiger charge is -2.59. The Labute approximate surface area is 152 Å². The third-order valence-corrected chi connectivity index (χ3v) is 7.69. The molecule has 5 aliphatic rings. The molecule has 0 radical (unpaired) electrons. The van der Waals surface area contributed by atoms with Crippen molar-refractivity contribution in [3.63, 3.8) is 0 Å². The van der Waals surface area contributed by atoms with Gasteiger partial charge in [0.25, 0.3) is 0 Å². The van der Waals surface area contributed by atoms with E-state index in [1.165, 1.54) is 11.1 Å². The highest BCUT2D eigenvalue weighted by Crippen LogP contribution is 2.65. The minimum atomic E-state index is -0.235. The van der Waals surface area contributed by atoms with Crippen LogP contribution in [-0.2, 0) is 10.2 Å². The van der Waals surface area contributed by atoms with Crippen LogP contribution in [0, 0.1) is 11.1 Å². The molecule has 1 N–H and O–H groups in total. The number of aliphatic hydroxyl groups excluding tert-OH is 1. The number of hydroxylamine groups is 3. The monoisotopic (exact) mass is 350 g/mol. The number of carbonyl (C=O) groups is 1. The quantitative estimate of drug-likeness (QED) is 0.479. The standard InChI is InChI=1S/C21H22N2O3/c24-10-7-13-12-23(26)9-8-21-16-3-1-2-4-17(16)22-19(25)6-5-14(20(21)22)15(13)11-18(21)23/h1-5,7,15,18,20,24H,6,8-12H2/b13-7+/t15-,18-,20-,21+,23?/m0/s1. The van der Waals surface area contributed by atoms with Crippen molar-refractivity contribution in [2.24, 2.45) is 5.92 Å². The average molecular weight is 350 g/mol. The molecule has 1 aliphatic carbocycles. The first kappa shape index (κ1) is 15.1. The number of carbonyl (C=O) groups excluding carboxylic acids is 1. The van der Waals surface area contributed by atoms with E-state index in [-0.39, 0.29) is 40.6 Å². The molecule has 26 heavy (non-hydrogen) atoms. The number of quaternary nitrogens is 1. The van der Waals surface area contributed by atoms with Crippen molar-refractivity contribution in [2.45, 2.75) is 36.8 Å². The number of nitrogens with zero attached hydrogens (tertiary/aromatic N) is 2. The largest absolute Gasteiger partial charge is 0.632 e. The van der Waals surface area contributed by atoms with Crippen LogP contribution in [-0.4, -0.2) is 47.4 Å². The lowest BCUT2D eigenvalue weighted by Crippen LogP contribution is -2.67. The van der Waals surface area contributed by atoms with E-state index in [1.807, 2.05) is 23.1 Å². The van der Waals surface area contributed by atoms with E-state index < -0.39 is 0 Å². The molecule has 0 aromatic heterocycles. The zero-order valence-corrected chi connectivity index (χ0v) is 14.6. The van der Waals surface area contributed by atoms with Crippen LogP contribution in [0.1, 0.15) is 24.8 Å². The number of anilines is 1. The van der Waals surface area contributed by atoms with Gasteiger partial charge in [0.15, 0.2) is 0 Å². The van der Waals surface area contributed by atoms with E-state index in [4.69, 9.17) is 0 Å². The Morgan fingerprint density at radius 1 is 1.38 bits per heavy atom. The molecule has 1 aromatic rings. The van der Waals surface area contributed by atoms with E-state index in [0.717, 1.165) is 24.1 Å². The molecule has 2 saturated heterocycles. The van der Waals surface area contributed by atoms with E-state index in [9.17, 15) is 15.1 Å². The number of para-hydroxylation sites is 1. The summed E-state index contributed by atoms with van der Waals surface area (Å²) in [4.78, 5) is 14.9. The van der Waals surface area contributed by atoms with Crippen molar-refractivity contribution in [1.82, 2.24) is 0 Å². The van der Waals surface area contributed by atoms with Crippen LogP contribution in [0.25, 0.3) is 0 Å². The normalized spacial score (nSPS) is 43.4. The molecule has 4 aliphatic heterocycles.